The molecule has 0 amide bonds. The van der Waals surface area contributed by atoms with Gasteiger partial charge in [0.05, 0.1) is 0 Å². The molecule has 0 bridgehead atoms. The maximum atomic E-state index is 2.25. The lowest BCUT2D eigenvalue weighted by Crippen LogP contribution is -1.81. The van der Waals surface area contributed by atoms with Crippen molar-refractivity contribution in [2.24, 2.45) is 0 Å². The largest absolute Gasteiger partial charge is 0.0622 e. The van der Waals surface area contributed by atoms with Crippen LogP contribution in [0.4, 0.5) is 0 Å². The maximum absolute atomic E-state index is 2.25. The van der Waals surface area contributed by atoms with Crippen molar-refractivity contribution in [2.45, 2.75) is 48.5 Å². The summed E-state index contributed by atoms with van der Waals surface area (Å²) in [6, 6.07) is 134. The van der Waals surface area contributed by atoms with Crippen molar-refractivity contribution in [3.8, 4) is 55.6 Å². The molecular weight excluding hydrogens is 1140 g/mol. The lowest BCUT2D eigenvalue weighted by atomic mass is 9.98. The zero-order valence-electron chi connectivity index (χ0n) is 55.9. The van der Waals surface area contributed by atoms with Crippen LogP contribution < -0.4 is 0 Å². The minimum Gasteiger partial charge on any atom is -0.0622 e. The van der Waals surface area contributed by atoms with E-state index in [0.717, 1.165) is 0 Å². The van der Waals surface area contributed by atoms with Crippen molar-refractivity contribution in [1.82, 2.24) is 0 Å². The first-order chi connectivity index (χ1) is 46.5. The molecule has 0 heteroatoms. The number of aryl methyl sites for hydroxylation is 7. The normalized spacial score (nSPS) is 10.3. The van der Waals surface area contributed by atoms with Gasteiger partial charge in [0.25, 0.3) is 0 Å². The van der Waals surface area contributed by atoms with E-state index in [1.54, 1.807) is 0 Å². The first kappa shape index (κ1) is 66.5. The van der Waals surface area contributed by atoms with E-state index in [4.69, 9.17) is 0 Å². The number of rotatable bonds is 5. The first-order valence-corrected chi connectivity index (χ1v) is 32.9. The molecule has 0 aromatic heterocycles. The summed E-state index contributed by atoms with van der Waals surface area (Å²) in [6.07, 6.45) is 0. The van der Waals surface area contributed by atoms with E-state index in [2.05, 4.69) is 412 Å². The molecule has 0 N–H and O–H groups in total. The summed E-state index contributed by atoms with van der Waals surface area (Å²) in [5, 5.41) is 10.5. The van der Waals surface area contributed by atoms with Crippen LogP contribution in [0.5, 0.6) is 0 Å². The van der Waals surface area contributed by atoms with Crippen LogP contribution in [0.2, 0.25) is 0 Å². The molecule has 0 radical (unpaired) electrons. The summed E-state index contributed by atoms with van der Waals surface area (Å²) in [5.74, 6) is 0. The van der Waals surface area contributed by atoms with Crippen LogP contribution in [0.15, 0.2) is 382 Å². The van der Waals surface area contributed by atoms with Gasteiger partial charge >= 0.3 is 0 Å². The highest BCUT2D eigenvalue weighted by atomic mass is 14.1. The van der Waals surface area contributed by atoms with Gasteiger partial charge in [0, 0.05) is 0 Å². The van der Waals surface area contributed by atoms with Crippen molar-refractivity contribution in [2.75, 3.05) is 0 Å². The fraction of sp³-hybridized carbons (Fsp3) is 0.0737. The van der Waals surface area contributed by atoms with Crippen molar-refractivity contribution in [3.63, 3.8) is 0 Å². The average Bonchev–Trinajstić information content (AvgIpc) is 1.73. The second-order valence-corrected chi connectivity index (χ2v) is 24.1. The topological polar surface area (TPSA) is 0 Å². The summed E-state index contributed by atoms with van der Waals surface area (Å²) in [7, 11) is 0. The highest BCUT2D eigenvalue weighted by Gasteiger charge is 2.04. The Morgan fingerprint density at radius 3 is 0.989 bits per heavy atom. The summed E-state index contributed by atoms with van der Waals surface area (Å²) in [6.45, 7) is 14.9. The second kappa shape index (κ2) is 34.3. The summed E-state index contributed by atoms with van der Waals surface area (Å²) in [5.41, 5.74) is 22.1. The fourth-order valence-corrected chi connectivity index (χ4v) is 11.4. The average molecular weight is 1230 g/mol. The first-order valence-electron chi connectivity index (χ1n) is 32.9. The van der Waals surface area contributed by atoms with Crippen LogP contribution in [-0.4, -0.2) is 0 Å². The lowest BCUT2D eigenvalue weighted by Gasteiger charge is -2.07. The highest BCUT2D eigenvalue weighted by molar-refractivity contribution is 5.96. The Hall–Kier alpha value is -11.4. The molecule has 0 unspecified atom stereocenters. The molecule has 16 rings (SSSR count). The van der Waals surface area contributed by atoms with Crippen LogP contribution in [-0.2, 0) is 0 Å². The molecule has 0 fully saturated rings. The predicted molar refractivity (Wildman–Crippen MR) is 415 cm³/mol. The fourth-order valence-electron chi connectivity index (χ4n) is 11.4. The summed E-state index contributed by atoms with van der Waals surface area (Å²) in [4.78, 5) is 0. The van der Waals surface area contributed by atoms with Gasteiger partial charge < -0.3 is 0 Å². The minimum atomic E-state index is 1.28. The van der Waals surface area contributed by atoms with Gasteiger partial charge in [-0.15, -0.1) is 0 Å². The predicted octanol–water partition coefficient (Wildman–Crippen LogP) is 26.9. The second-order valence-electron chi connectivity index (χ2n) is 24.1. The van der Waals surface area contributed by atoms with Gasteiger partial charge in [-0.25, -0.2) is 0 Å². The van der Waals surface area contributed by atoms with Crippen LogP contribution >= 0.6 is 0 Å². The molecule has 0 atom stereocenters. The molecule has 0 nitrogen and oxygen atoms in total. The number of hydrogen-bond acceptors (Lipinski definition) is 0. The molecule has 0 aliphatic rings. The molecule has 464 valence electrons. The molecular formula is C95H84. The third-order valence-corrected chi connectivity index (χ3v) is 16.7. The third kappa shape index (κ3) is 19.5. The molecule has 95 heavy (non-hydrogen) atoms. The molecule has 16 aromatic carbocycles. The van der Waals surface area contributed by atoms with E-state index in [1.165, 1.54) is 138 Å². The quantitative estimate of drug-likeness (QED) is 0.161. The third-order valence-electron chi connectivity index (χ3n) is 16.7. The summed E-state index contributed by atoms with van der Waals surface area (Å²) < 4.78 is 0. The Labute approximate surface area is 564 Å². The van der Waals surface area contributed by atoms with Gasteiger partial charge in [0.1, 0.15) is 0 Å². The Balaban J connectivity index is 0.000000121. The Morgan fingerprint density at radius 1 is 0.137 bits per heavy atom. The Morgan fingerprint density at radius 2 is 0.442 bits per heavy atom. The molecule has 0 aliphatic heterocycles. The van der Waals surface area contributed by atoms with Crippen molar-refractivity contribution >= 4 is 43.1 Å². The minimum absolute atomic E-state index is 1.28. The van der Waals surface area contributed by atoms with Gasteiger partial charge in [0.2, 0.25) is 0 Å². The van der Waals surface area contributed by atoms with Gasteiger partial charge in [0.15, 0.2) is 0 Å². The number of fused-ring (bicyclic) bond motifs is 4. The monoisotopic (exact) mass is 1220 g/mol. The van der Waals surface area contributed by atoms with Crippen LogP contribution in [0.25, 0.3) is 98.7 Å². The summed E-state index contributed by atoms with van der Waals surface area (Å²) >= 11 is 0. The molecule has 0 spiro atoms. The van der Waals surface area contributed by atoms with Gasteiger partial charge in [-0.3, -0.25) is 0 Å². The van der Waals surface area contributed by atoms with Crippen molar-refractivity contribution in [3.05, 3.63) is 421 Å². The lowest BCUT2D eigenvalue weighted by molar-refractivity contribution is 1.46. The molecule has 0 heterocycles. The molecule has 16 aromatic rings. The van der Waals surface area contributed by atoms with E-state index >= 15 is 0 Å². The van der Waals surface area contributed by atoms with Gasteiger partial charge in [-0.1, -0.05) is 404 Å². The van der Waals surface area contributed by atoms with Crippen LogP contribution in [0, 0.1) is 48.5 Å². The van der Waals surface area contributed by atoms with E-state index in [0.29, 0.717) is 0 Å². The van der Waals surface area contributed by atoms with Crippen molar-refractivity contribution < 1.29 is 0 Å². The smallest absolute Gasteiger partial charge is 0.0105 e. The van der Waals surface area contributed by atoms with E-state index in [1.807, 2.05) is 18.2 Å². The standard InChI is InChI=1S/2C17H14.3C13H12.2C11H10/c1-13-9-11-15(12-10-13)17-8-4-6-14-5-2-3-7-16(14)17;1-13-6-8-15(9-7-13)17-11-10-14-4-2-3-5-16(14)12-17;1-11-7-5-6-10-13(11)12-8-3-2-4-9-12;1-11-6-5-9-13(10-11)12-7-3-2-4-8-12;1-11-7-9-13(10-8-11)12-5-3-2-4-6-12;1-9-5-4-7-10-6-2-3-8-11(9)10;1-9-6-7-10-4-2-3-5-11(10)8-9/h2*2-12H,1H3;3*2-10H,1H3;2*2-8H,1H3. The Kier molecular flexibility index (Phi) is 24.0. The van der Waals surface area contributed by atoms with E-state index in [-0.39, 0.29) is 0 Å². The van der Waals surface area contributed by atoms with Crippen LogP contribution in [0.1, 0.15) is 38.9 Å². The highest BCUT2D eigenvalue weighted by Crippen LogP contribution is 2.30. The number of hydrogen-bond donors (Lipinski definition) is 0. The molecule has 0 aliphatic carbocycles. The molecule has 0 saturated carbocycles. The zero-order chi connectivity index (χ0) is 66.0. The SMILES string of the molecule is Cc1ccc(-c2ccc3ccccc3c2)cc1.Cc1ccc(-c2cccc3ccccc23)cc1.Cc1ccc(-c2ccccc2)cc1.Cc1ccc2ccccc2c1.Cc1cccc(-c2ccccc2)c1.Cc1cccc2ccccc12.Cc1ccccc1-c1ccccc1. The zero-order valence-corrected chi connectivity index (χ0v) is 55.9. The van der Waals surface area contributed by atoms with Crippen molar-refractivity contribution in [1.29, 1.82) is 0 Å². The van der Waals surface area contributed by atoms with E-state index in [9.17, 15) is 0 Å². The van der Waals surface area contributed by atoms with E-state index < -0.39 is 0 Å². The molecule has 0 saturated heterocycles. The van der Waals surface area contributed by atoms with Gasteiger partial charge in [-0.05, 0) is 164 Å². The Bertz CT molecular complexity index is 4940. The number of benzene rings is 16. The maximum Gasteiger partial charge on any atom is -0.0105 e. The van der Waals surface area contributed by atoms with Gasteiger partial charge in [-0.2, -0.15) is 0 Å². The van der Waals surface area contributed by atoms with Crippen LogP contribution in [0.3, 0.4) is 0 Å².